The smallest absolute Gasteiger partial charge is 0.226 e. The first-order valence-corrected chi connectivity index (χ1v) is 11.6. The molecule has 1 aromatic carbocycles. The Morgan fingerprint density at radius 1 is 1.42 bits per heavy atom. The van der Waals surface area contributed by atoms with Gasteiger partial charge < -0.3 is 14.4 Å². The van der Waals surface area contributed by atoms with Crippen molar-refractivity contribution in [3.05, 3.63) is 46.5 Å². The topological polar surface area (TPSA) is 42.1 Å². The third kappa shape index (κ3) is 7.11. The van der Waals surface area contributed by atoms with Gasteiger partial charge in [0, 0.05) is 13.5 Å². The molecule has 2 rings (SSSR count). The number of benzene rings is 1. The fourth-order valence-electron chi connectivity index (χ4n) is 3.51. The quantitative estimate of drug-likeness (QED) is 0.278. The highest BCUT2D eigenvalue weighted by Crippen LogP contribution is 2.41. The molecule has 1 amide bonds. The van der Waals surface area contributed by atoms with Gasteiger partial charge in [-0.3, -0.25) is 4.79 Å². The first-order valence-electron chi connectivity index (χ1n) is 11.2. The summed E-state index contributed by atoms with van der Waals surface area (Å²) in [6.45, 7) is 10.7. The third-order valence-electron chi connectivity index (χ3n) is 6.35. The number of hydrogen-bond acceptors (Lipinski definition) is 3. The van der Waals surface area contributed by atoms with Crippen molar-refractivity contribution in [2.45, 2.75) is 78.4 Å². The molecule has 4 nitrogen and oxygen atoms in total. The number of allylic oxidation sites excluding steroid dienone is 4. The first kappa shape index (κ1) is 25.5. The van der Waals surface area contributed by atoms with Crippen LogP contribution in [0.2, 0.25) is 5.02 Å². The van der Waals surface area contributed by atoms with Crippen LogP contribution >= 0.6 is 11.6 Å². The van der Waals surface area contributed by atoms with E-state index in [0.29, 0.717) is 35.2 Å². The molecule has 1 saturated heterocycles. The van der Waals surface area contributed by atoms with E-state index in [1.54, 1.807) is 19.1 Å². The van der Waals surface area contributed by atoms with Crippen LogP contribution in [0.1, 0.15) is 65.9 Å². The van der Waals surface area contributed by atoms with Crippen molar-refractivity contribution in [2.24, 2.45) is 5.92 Å². The van der Waals surface area contributed by atoms with Gasteiger partial charge in [0.2, 0.25) is 5.91 Å². The lowest BCUT2D eigenvalue weighted by atomic mass is 10.0. The standard InChI is InChI=1S/C26H38ClNO3/c1-8-18(2)11-9-10-12-19(3)15-21-16-22(25(27)23(17-21)30-7)28(6)24(29)13-14-26(5)20(4)31-26/h9-10,12,16-18,20H,8,11,13-15H2,1-7H3/b10-9+,19-12+. The van der Waals surface area contributed by atoms with E-state index in [1.165, 1.54) is 12.0 Å². The van der Waals surface area contributed by atoms with E-state index in [2.05, 4.69) is 39.0 Å². The number of amides is 1. The molecule has 1 heterocycles. The Bertz CT molecular complexity index is 832. The number of methoxy groups -OCH3 is 1. The van der Waals surface area contributed by atoms with Crippen LogP contribution in [0.5, 0.6) is 5.75 Å². The number of nitrogens with zero attached hydrogens (tertiary/aromatic N) is 1. The molecule has 0 aromatic heterocycles. The zero-order valence-electron chi connectivity index (χ0n) is 20.1. The second-order valence-corrected chi connectivity index (χ2v) is 9.40. The van der Waals surface area contributed by atoms with Crippen LogP contribution in [-0.2, 0) is 16.0 Å². The molecule has 3 unspecified atom stereocenters. The predicted molar refractivity (Wildman–Crippen MR) is 130 cm³/mol. The minimum atomic E-state index is -0.176. The van der Waals surface area contributed by atoms with Crippen LogP contribution in [0.4, 0.5) is 5.69 Å². The minimum absolute atomic E-state index is 0.0188. The molecule has 3 atom stereocenters. The normalized spacial score (nSPS) is 21.9. The molecule has 31 heavy (non-hydrogen) atoms. The van der Waals surface area contributed by atoms with Crippen LogP contribution in [0, 0.1) is 5.92 Å². The zero-order valence-corrected chi connectivity index (χ0v) is 20.9. The summed E-state index contributed by atoms with van der Waals surface area (Å²) in [5.41, 5.74) is 2.80. The van der Waals surface area contributed by atoms with E-state index < -0.39 is 0 Å². The van der Waals surface area contributed by atoms with Crippen LogP contribution in [-0.4, -0.2) is 31.8 Å². The van der Waals surface area contributed by atoms with Crippen molar-refractivity contribution in [2.75, 3.05) is 19.1 Å². The van der Waals surface area contributed by atoms with Crippen LogP contribution in [0.25, 0.3) is 0 Å². The lowest BCUT2D eigenvalue weighted by Crippen LogP contribution is -2.28. The highest BCUT2D eigenvalue weighted by molar-refractivity contribution is 6.35. The predicted octanol–water partition coefficient (Wildman–Crippen LogP) is 6.75. The highest BCUT2D eigenvalue weighted by Gasteiger charge is 2.48. The van der Waals surface area contributed by atoms with Gasteiger partial charge in [-0.15, -0.1) is 0 Å². The molecule has 5 heteroatoms. The summed E-state index contributed by atoms with van der Waals surface area (Å²) in [5, 5.41) is 0.458. The van der Waals surface area contributed by atoms with Crippen molar-refractivity contribution in [3.63, 3.8) is 0 Å². The van der Waals surface area contributed by atoms with Gasteiger partial charge in [0.15, 0.2) is 0 Å². The SMILES string of the molecule is CCC(C)C/C=C/C=C(\C)Cc1cc(OC)c(Cl)c(N(C)C(=O)CCC2(C)OC2C)c1. The fraction of sp³-hybridized carbons (Fsp3) is 0.577. The van der Waals surface area contributed by atoms with Crippen molar-refractivity contribution in [3.8, 4) is 5.75 Å². The maximum Gasteiger partial charge on any atom is 0.226 e. The molecule has 1 aromatic rings. The molecule has 1 aliphatic rings. The molecule has 172 valence electrons. The summed E-state index contributed by atoms with van der Waals surface area (Å²) >= 11 is 6.56. The molecule has 0 radical (unpaired) electrons. The molecule has 1 fully saturated rings. The Labute approximate surface area is 193 Å². The Kier molecular flexibility index (Phi) is 9.20. The molecule has 0 spiro atoms. The fourth-order valence-corrected chi connectivity index (χ4v) is 3.83. The average molecular weight is 448 g/mol. The van der Waals surface area contributed by atoms with E-state index >= 15 is 0 Å². The Morgan fingerprint density at radius 3 is 2.68 bits per heavy atom. The number of hydrogen-bond donors (Lipinski definition) is 0. The van der Waals surface area contributed by atoms with Gasteiger partial charge in [0.05, 0.1) is 24.5 Å². The second kappa shape index (κ2) is 11.2. The van der Waals surface area contributed by atoms with Gasteiger partial charge in [-0.25, -0.2) is 0 Å². The summed E-state index contributed by atoms with van der Waals surface area (Å²) in [6, 6.07) is 3.94. The van der Waals surface area contributed by atoms with E-state index in [4.69, 9.17) is 21.1 Å². The molecule has 0 bridgehead atoms. The molecular formula is C26H38ClNO3. The highest BCUT2D eigenvalue weighted by atomic mass is 35.5. The van der Waals surface area contributed by atoms with Gasteiger partial charge in [0.25, 0.3) is 0 Å². The maximum atomic E-state index is 12.8. The lowest BCUT2D eigenvalue weighted by molar-refractivity contribution is -0.118. The number of carbonyl (C=O) groups is 1. The summed E-state index contributed by atoms with van der Waals surface area (Å²) in [7, 11) is 3.37. The van der Waals surface area contributed by atoms with Crippen LogP contribution in [0.3, 0.4) is 0 Å². The van der Waals surface area contributed by atoms with Crippen LogP contribution < -0.4 is 9.64 Å². The third-order valence-corrected chi connectivity index (χ3v) is 6.73. The first-order chi connectivity index (χ1) is 14.6. The molecule has 0 aliphatic carbocycles. The van der Waals surface area contributed by atoms with E-state index in [0.717, 1.165) is 18.4 Å². The van der Waals surface area contributed by atoms with Crippen molar-refractivity contribution in [1.82, 2.24) is 0 Å². The van der Waals surface area contributed by atoms with Crippen molar-refractivity contribution in [1.29, 1.82) is 0 Å². The second-order valence-electron chi connectivity index (χ2n) is 9.02. The molecule has 1 aliphatic heterocycles. The Hall–Kier alpha value is -1.78. The molecule has 0 N–H and O–H groups in total. The number of ether oxygens (including phenoxy) is 2. The van der Waals surface area contributed by atoms with E-state index in [1.807, 2.05) is 26.0 Å². The molecular weight excluding hydrogens is 410 g/mol. The maximum absolute atomic E-state index is 12.8. The monoisotopic (exact) mass is 447 g/mol. The number of anilines is 1. The number of epoxide rings is 1. The lowest BCUT2D eigenvalue weighted by Gasteiger charge is -2.22. The van der Waals surface area contributed by atoms with E-state index in [-0.39, 0.29) is 17.6 Å². The van der Waals surface area contributed by atoms with Gasteiger partial charge >= 0.3 is 0 Å². The summed E-state index contributed by atoms with van der Waals surface area (Å²) in [4.78, 5) is 14.4. The molecule has 0 saturated carbocycles. The number of carbonyl (C=O) groups excluding carboxylic acids is 1. The Morgan fingerprint density at radius 2 is 2.10 bits per heavy atom. The van der Waals surface area contributed by atoms with Gasteiger partial charge in [-0.1, -0.05) is 55.7 Å². The minimum Gasteiger partial charge on any atom is -0.495 e. The Balaban J connectivity index is 2.11. The van der Waals surface area contributed by atoms with Crippen LogP contribution in [0.15, 0.2) is 35.9 Å². The van der Waals surface area contributed by atoms with Crippen molar-refractivity contribution < 1.29 is 14.3 Å². The van der Waals surface area contributed by atoms with Gasteiger partial charge in [-0.2, -0.15) is 0 Å². The van der Waals surface area contributed by atoms with E-state index in [9.17, 15) is 4.79 Å². The number of rotatable bonds is 11. The summed E-state index contributed by atoms with van der Waals surface area (Å²) in [6.07, 6.45) is 10.9. The average Bonchev–Trinajstić information content (AvgIpc) is 3.35. The number of halogens is 1. The zero-order chi connectivity index (χ0) is 23.2. The van der Waals surface area contributed by atoms with Gasteiger partial charge in [0.1, 0.15) is 10.8 Å². The largest absolute Gasteiger partial charge is 0.495 e. The summed E-state index contributed by atoms with van der Waals surface area (Å²) < 4.78 is 11.1. The summed E-state index contributed by atoms with van der Waals surface area (Å²) in [5.74, 6) is 1.31. The van der Waals surface area contributed by atoms with Crippen molar-refractivity contribution >= 4 is 23.2 Å². The van der Waals surface area contributed by atoms with Gasteiger partial charge in [-0.05, 0) is 63.6 Å².